The average molecular weight is 400 g/mol. The maximum atomic E-state index is 13.1. The van der Waals surface area contributed by atoms with Gasteiger partial charge < -0.3 is 9.80 Å². The highest BCUT2D eigenvalue weighted by atomic mass is 35.5. The molecular weight excluding hydrogens is 378 g/mol. The summed E-state index contributed by atoms with van der Waals surface area (Å²) < 4.78 is 0. The summed E-state index contributed by atoms with van der Waals surface area (Å²) in [7, 11) is 4.01. The van der Waals surface area contributed by atoms with Crippen LogP contribution in [-0.4, -0.2) is 47.9 Å². The van der Waals surface area contributed by atoms with Crippen LogP contribution in [0.5, 0.6) is 0 Å². The van der Waals surface area contributed by atoms with Crippen molar-refractivity contribution in [2.45, 2.75) is 6.54 Å². The second-order valence-corrected chi connectivity index (χ2v) is 7.86. The van der Waals surface area contributed by atoms with E-state index in [1.165, 1.54) is 11.3 Å². The van der Waals surface area contributed by atoms with Crippen molar-refractivity contribution in [3.8, 4) is 10.6 Å². The van der Waals surface area contributed by atoms with Gasteiger partial charge in [-0.1, -0.05) is 54.1 Å². The van der Waals surface area contributed by atoms with E-state index in [-0.39, 0.29) is 5.91 Å². The number of likely N-dealkylation sites (N-methyl/N-ethyl adjacent to an activating group) is 1. The van der Waals surface area contributed by atoms with E-state index in [9.17, 15) is 4.79 Å². The van der Waals surface area contributed by atoms with Crippen molar-refractivity contribution in [3.05, 3.63) is 76.3 Å². The summed E-state index contributed by atoms with van der Waals surface area (Å²) in [5, 5.41) is 3.28. The monoisotopic (exact) mass is 399 g/mol. The fourth-order valence-electron chi connectivity index (χ4n) is 2.66. The SMILES string of the molecule is CN(C)CCN(Cc1ccccc1)C(=O)c1csc(-c2cccc(Cl)c2)n1. The Balaban J connectivity index is 1.80. The highest BCUT2D eigenvalue weighted by molar-refractivity contribution is 7.13. The van der Waals surface area contributed by atoms with Crippen molar-refractivity contribution < 1.29 is 4.79 Å². The predicted molar refractivity (Wildman–Crippen MR) is 112 cm³/mol. The Morgan fingerprint density at radius 3 is 2.56 bits per heavy atom. The molecule has 4 nitrogen and oxygen atoms in total. The molecule has 0 unspecified atom stereocenters. The van der Waals surface area contributed by atoms with Gasteiger partial charge in [-0.05, 0) is 31.8 Å². The zero-order chi connectivity index (χ0) is 19.2. The Labute approximate surface area is 169 Å². The van der Waals surface area contributed by atoms with Crippen LogP contribution in [0.1, 0.15) is 16.1 Å². The Morgan fingerprint density at radius 2 is 1.85 bits per heavy atom. The lowest BCUT2D eigenvalue weighted by atomic mass is 10.2. The van der Waals surface area contributed by atoms with E-state index in [2.05, 4.69) is 9.88 Å². The molecular formula is C21H22ClN3OS. The van der Waals surface area contributed by atoms with Crippen LogP contribution in [-0.2, 0) is 6.54 Å². The van der Waals surface area contributed by atoms with Crippen LogP contribution in [0.4, 0.5) is 0 Å². The summed E-state index contributed by atoms with van der Waals surface area (Å²) in [5.41, 5.74) is 2.51. The number of nitrogens with zero attached hydrogens (tertiary/aromatic N) is 3. The molecule has 0 spiro atoms. The fourth-order valence-corrected chi connectivity index (χ4v) is 3.65. The van der Waals surface area contributed by atoms with Crippen molar-refractivity contribution in [1.29, 1.82) is 0 Å². The molecule has 27 heavy (non-hydrogen) atoms. The molecule has 0 saturated heterocycles. The Morgan fingerprint density at radius 1 is 1.07 bits per heavy atom. The summed E-state index contributed by atoms with van der Waals surface area (Å²) in [6.07, 6.45) is 0. The summed E-state index contributed by atoms with van der Waals surface area (Å²) in [4.78, 5) is 21.6. The van der Waals surface area contributed by atoms with E-state index < -0.39 is 0 Å². The van der Waals surface area contributed by atoms with Gasteiger partial charge in [-0.2, -0.15) is 0 Å². The molecule has 6 heteroatoms. The molecule has 0 aliphatic carbocycles. The molecule has 0 aliphatic rings. The maximum Gasteiger partial charge on any atom is 0.273 e. The minimum atomic E-state index is -0.0507. The lowest BCUT2D eigenvalue weighted by Crippen LogP contribution is -2.36. The zero-order valence-corrected chi connectivity index (χ0v) is 17.0. The van der Waals surface area contributed by atoms with Crippen molar-refractivity contribution in [2.75, 3.05) is 27.2 Å². The lowest BCUT2D eigenvalue weighted by Gasteiger charge is -2.24. The topological polar surface area (TPSA) is 36.4 Å². The third-order valence-corrected chi connectivity index (χ3v) is 5.24. The maximum absolute atomic E-state index is 13.1. The smallest absolute Gasteiger partial charge is 0.273 e. The molecule has 0 atom stereocenters. The van der Waals surface area contributed by atoms with Gasteiger partial charge in [0, 0.05) is 35.6 Å². The van der Waals surface area contributed by atoms with Gasteiger partial charge in [-0.15, -0.1) is 11.3 Å². The number of thiazole rings is 1. The first-order chi connectivity index (χ1) is 13.0. The van der Waals surface area contributed by atoms with Crippen LogP contribution in [0.2, 0.25) is 5.02 Å². The Hall–Kier alpha value is -2.21. The lowest BCUT2D eigenvalue weighted by molar-refractivity contribution is 0.0727. The largest absolute Gasteiger partial charge is 0.332 e. The summed E-state index contributed by atoms with van der Waals surface area (Å²) in [5.74, 6) is -0.0507. The van der Waals surface area contributed by atoms with Crippen molar-refractivity contribution in [1.82, 2.24) is 14.8 Å². The summed E-state index contributed by atoms with van der Waals surface area (Å²) >= 11 is 7.53. The van der Waals surface area contributed by atoms with E-state index in [4.69, 9.17) is 11.6 Å². The molecule has 1 aromatic heterocycles. The van der Waals surface area contributed by atoms with Crippen LogP contribution in [0.15, 0.2) is 60.0 Å². The molecule has 0 bridgehead atoms. The minimum Gasteiger partial charge on any atom is -0.332 e. The second-order valence-electron chi connectivity index (χ2n) is 6.56. The van der Waals surface area contributed by atoms with E-state index in [1.807, 2.05) is 79.0 Å². The molecule has 0 radical (unpaired) electrons. The molecule has 140 valence electrons. The average Bonchev–Trinajstić information content (AvgIpc) is 3.15. The fraction of sp³-hybridized carbons (Fsp3) is 0.238. The van der Waals surface area contributed by atoms with Gasteiger partial charge in [0.25, 0.3) is 5.91 Å². The second kappa shape index (κ2) is 9.13. The van der Waals surface area contributed by atoms with Gasteiger partial charge in [-0.25, -0.2) is 4.98 Å². The molecule has 1 amide bonds. The summed E-state index contributed by atoms with van der Waals surface area (Å²) in [6.45, 7) is 2.01. The molecule has 2 aromatic carbocycles. The first-order valence-electron chi connectivity index (χ1n) is 8.72. The van der Waals surface area contributed by atoms with Crippen LogP contribution in [0, 0.1) is 0 Å². The van der Waals surface area contributed by atoms with Gasteiger partial charge in [0.05, 0.1) is 0 Å². The number of aromatic nitrogens is 1. The molecule has 3 aromatic rings. The van der Waals surface area contributed by atoms with Crippen LogP contribution in [0.3, 0.4) is 0 Å². The van der Waals surface area contributed by atoms with Gasteiger partial charge in [0.1, 0.15) is 10.7 Å². The van der Waals surface area contributed by atoms with Crippen LogP contribution < -0.4 is 0 Å². The van der Waals surface area contributed by atoms with E-state index >= 15 is 0 Å². The highest BCUT2D eigenvalue weighted by Gasteiger charge is 2.19. The number of hydrogen-bond donors (Lipinski definition) is 0. The number of amides is 1. The van der Waals surface area contributed by atoms with Crippen LogP contribution >= 0.6 is 22.9 Å². The van der Waals surface area contributed by atoms with E-state index in [0.717, 1.165) is 22.7 Å². The van der Waals surface area contributed by atoms with Gasteiger partial charge in [0.15, 0.2) is 0 Å². The standard InChI is InChI=1S/C21H22ClN3OS/c1-24(2)11-12-25(14-16-7-4-3-5-8-16)21(26)19-15-27-20(23-19)17-9-6-10-18(22)13-17/h3-10,13,15H,11-12,14H2,1-2H3. The normalized spacial score (nSPS) is 11.0. The zero-order valence-electron chi connectivity index (χ0n) is 15.4. The first-order valence-corrected chi connectivity index (χ1v) is 9.98. The van der Waals surface area contributed by atoms with Gasteiger partial charge in [-0.3, -0.25) is 4.79 Å². The highest BCUT2D eigenvalue weighted by Crippen LogP contribution is 2.26. The summed E-state index contributed by atoms with van der Waals surface area (Å²) in [6, 6.07) is 17.6. The molecule has 0 saturated carbocycles. The van der Waals surface area contributed by atoms with Crippen molar-refractivity contribution >= 4 is 28.8 Å². The third-order valence-electron chi connectivity index (χ3n) is 4.12. The van der Waals surface area contributed by atoms with E-state index in [0.29, 0.717) is 23.8 Å². The van der Waals surface area contributed by atoms with Gasteiger partial charge >= 0.3 is 0 Å². The predicted octanol–water partition coefficient (Wildman–Crippen LogP) is 4.67. The number of carbonyl (C=O) groups is 1. The van der Waals surface area contributed by atoms with E-state index in [1.54, 1.807) is 0 Å². The third kappa shape index (κ3) is 5.39. The van der Waals surface area contributed by atoms with Gasteiger partial charge in [0.2, 0.25) is 0 Å². The molecule has 1 heterocycles. The number of carbonyl (C=O) groups excluding carboxylic acids is 1. The Bertz CT molecular complexity index is 895. The quantitative estimate of drug-likeness (QED) is 0.579. The number of halogens is 1. The molecule has 0 aliphatic heterocycles. The number of benzene rings is 2. The van der Waals surface area contributed by atoms with Crippen LogP contribution in [0.25, 0.3) is 10.6 Å². The molecule has 3 rings (SSSR count). The molecule has 0 fully saturated rings. The number of rotatable bonds is 7. The van der Waals surface area contributed by atoms with Crippen molar-refractivity contribution in [3.63, 3.8) is 0 Å². The number of hydrogen-bond acceptors (Lipinski definition) is 4. The Kier molecular flexibility index (Phi) is 6.61. The minimum absolute atomic E-state index is 0.0507. The van der Waals surface area contributed by atoms with Crippen molar-refractivity contribution in [2.24, 2.45) is 0 Å². The molecule has 0 N–H and O–H groups in total. The first kappa shape index (κ1) is 19.5.